The lowest BCUT2D eigenvalue weighted by Crippen LogP contribution is -2.38. The second-order valence-electron chi connectivity index (χ2n) is 2.95. The van der Waals surface area contributed by atoms with Crippen molar-refractivity contribution in [2.75, 3.05) is 0 Å². The number of nitrogens with two attached hydrogens (primary N) is 1. The van der Waals surface area contributed by atoms with Crippen molar-refractivity contribution >= 4 is 29.0 Å². The maximum absolute atomic E-state index is 11.1. The number of carbonyl (C=O) groups is 1. The third-order valence-corrected chi connectivity index (χ3v) is 2.63. The van der Waals surface area contributed by atoms with E-state index in [1.165, 1.54) is 0 Å². The van der Waals surface area contributed by atoms with Crippen LogP contribution in [-0.4, -0.2) is 12.0 Å². The van der Waals surface area contributed by atoms with Gasteiger partial charge in [-0.2, -0.15) is 0 Å². The lowest BCUT2D eigenvalue weighted by Gasteiger charge is -2.25. The molecule has 0 saturated heterocycles. The van der Waals surface area contributed by atoms with E-state index in [0.29, 0.717) is 0 Å². The highest BCUT2D eigenvalue weighted by Crippen LogP contribution is 2.24. The Bertz CT molecular complexity index is 151. The average molecular weight is 269 g/mol. The molecule has 1 aliphatic rings. The second kappa shape index (κ2) is 4.25. The van der Waals surface area contributed by atoms with Crippen molar-refractivity contribution in [2.45, 2.75) is 31.7 Å². The van der Waals surface area contributed by atoms with Gasteiger partial charge in [0.05, 0.1) is 5.92 Å². The van der Waals surface area contributed by atoms with Gasteiger partial charge in [-0.05, 0) is 12.8 Å². The lowest BCUT2D eigenvalue weighted by molar-refractivity contribution is -0.137. The van der Waals surface area contributed by atoms with E-state index < -0.39 is 0 Å². The summed E-state index contributed by atoms with van der Waals surface area (Å²) < 4.78 is 4.61. The lowest BCUT2D eigenvalue weighted by atomic mass is 9.85. The maximum Gasteiger partial charge on any atom is 0.319 e. The fourth-order valence-electron chi connectivity index (χ4n) is 1.51. The van der Waals surface area contributed by atoms with E-state index in [1.54, 1.807) is 23.0 Å². The molecule has 3 nitrogen and oxygen atoms in total. The molecule has 0 aromatic heterocycles. The second-order valence-corrected chi connectivity index (χ2v) is 3.39. The van der Waals surface area contributed by atoms with Gasteiger partial charge in [0.25, 0.3) is 0 Å². The molecule has 0 aliphatic heterocycles. The fraction of sp³-hybridized carbons (Fsp3) is 0.857. The van der Waals surface area contributed by atoms with E-state index in [2.05, 4.69) is 3.07 Å². The van der Waals surface area contributed by atoms with Crippen molar-refractivity contribution in [2.24, 2.45) is 11.7 Å². The molecule has 2 unspecified atom stereocenters. The number of rotatable bonds is 1. The zero-order valence-electron chi connectivity index (χ0n) is 6.25. The Morgan fingerprint density at radius 3 is 2.64 bits per heavy atom. The molecular weight excluding hydrogens is 257 g/mol. The molecule has 64 valence electrons. The first-order chi connectivity index (χ1) is 5.25. The van der Waals surface area contributed by atoms with Gasteiger partial charge in [0, 0.05) is 6.04 Å². The Kier molecular flexibility index (Phi) is 3.58. The Labute approximate surface area is 80.4 Å². The van der Waals surface area contributed by atoms with Crippen LogP contribution in [0.4, 0.5) is 0 Å². The monoisotopic (exact) mass is 269 g/mol. The molecule has 0 aromatic carbocycles. The van der Waals surface area contributed by atoms with Gasteiger partial charge in [0.2, 0.25) is 0 Å². The highest BCUT2D eigenvalue weighted by Gasteiger charge is 2.29. The van der Waals surface area contributed by atoms with Crippen LogP contribution < -0.4 is 5.73 Å². The molecule has 1 fully saturated rings. The van der Waals surface area contributed by atoms with Crippen LogP contribution in [0.1, 0.15) is 25.7 Å². The largest absolute Gasteiger partial charge is 0.394 e. The summed E-state index contributed by atoms with van der Waals surface area (Å²) in [4.78, 5) is 11.1. The summed E-state index contributed by atoms with van der Waals surface area (Å²) in [5.74, 6) is -0.210. The highest BCUT2D eigenvalue weighted by molar-refractivity contribution is 14.1. The zero-order valence-corrected chi connectivity index (χ0v) is 8.41. The molecule has 4 heteroatoms. The van der Waals surface area contributed by atoms with Crippen molar-refractivity contribution in [3.8, 4) is 0 Å². The quantitative estimate of drug-likeness (QED) is 0.732. The zero-order chi connectivity index (χ0) is 8.27. The molecule has 0 aromatic rings. The highest BCUT2D eigenvalue weighted by atomic mass is 127. The Balaban J connectivity index is 2.47. The summed E-state index contributed by atoms with van der Waals surface area (Å²) in [5, 5.41) is 0. The predicted octanol–water partition coefficient (Wildman–Crippen LogP) is 1.40. The van der Waals surface area contributed by atoms with Crippen LogP contribution in [0.3, 0.4) is 0 Å². The molecule has 0 amide bonds. The summed E-state index contributed by atoms with van der Waals surface area (Å²) in [6.45, 7) is 0. The van der Waals surface area contributed by atoms with Gasteiger partial charge in [-0.3, -0.25) is 4.79 Å². The van der Waals surface area contributed by atoms with Gasteiger partial charge in [0.15, 0.2) is 23.0 Å². The van der Waals surface area contributed by atoms with Crippen LogP contribution in [0.5, 0.6) is 0 Å². The standard InChI is InChI=1S/C7H12INO2/c8-11-7(10)5-3-1-2-4-6(5)9/h5-6H,1-4,9H2. The Morgan fingerprint density at radius 2 is 2.09 bits per heavy atom. The first kappa shape index (κ1) is 9.25. The minimum atomic E-state index is -0.155. The van der Waals surface area contributed by atoms with Crippen molar-refractivity contribution < 1.29 is 7.86 Å². The van der Waals surface area contributed by atoms with Crippen LogP contribution in [0.2, 0.25) is 0 Å². The molecule has 1 saturated carbocycles. The number of halogens is 1. The normalized spacial score (nSPS) is 31.5. The molecule has 1 rings (SSSR count). The molecule has 0 radical (unpaired) electrons. The molecule has 0 heterocycles. The third-order valence-electron chi connectivity index (χ3n) is 2.20. The maximum atomic E-state index is 11.1. The van der Waals surface area contributed by atoms with E-state index >= 15 is 0 Å². The van der Waals surface area contributed by atoms with E-state index in [-0.39, 0.29) is 17.9 Å². The molecule has 0 spiro atoms. The van der Waals surface area contributed by atoms with Gasteiger partial charge in [-0.25, -0.2) is 0 Å². The molecule has 1 aliphatic carbocycles. The smallest absolute Gasteiger partial charge is 0.319 e. The fourth-order valence-corrected chi connectivity index (χ4v) is 1.84. The van der Waals surface area contributed by atoms with Gasteiger partial charge in [-0.1, -0.05) is 12.8 Å². The van der Waals surface area contributed by atoms with Crippen molar-refractivity contribution in [3.63, 3.8) is 0 Å². The predicted molar refractivity (Wildman–Crippen MR) is 50.0 cm³/mol. The minimum absolute atomic E-state index is 0.0195. The van der Waals surface area contributed by atoms with Gasteiger partial charge >= 0.3 is 5.97 Å². The van der Waals surface area contributed by atoms with E-state index in [0.717, 1.165) is 25.7 Å². The number of carbonyl (C=O) groups excluding carboxylic acids is 1. The molecule has 11 heavy (non-hydrogen) atoms. The van der Waals surface area contributed by atoms with Crippen LogP contribution in [0.15, 0.2) is 0 Å². The molecule has 2 atom stereocenters. The Morgan fingerprint density at radius 1 is 1.45 bits per heavy atom. The minimum Gasteiger partial charge on any atom is -0.394 e. The summed E-state index contributed by atoms with van der Waals surface area (Å²) in [7, 11) is 0. The molecule has 2 N–H and O–H groups in total. The SMILES string of the molecule is NC1CCCCC1C(=O)OI. The number of hydrogen-bond donors (Lipinski definition) is 1. The summed E-state index contributed by atoms with van der Waals surface area (Å²) >= 11 is 1.62. The molecular formula is C7H12INO2. The Hall–Kier alpha value is 0.160. The molecule has 0 bridgehead atoms. The first-order valence-corrected chi connectivity index (χ1v) is 4.72. The van der Waals surface area contributed by atoms with Gasteiger partial charge in [0.1, 0.15) is 0 Å². The summed E-state index contributed by atoms with van der Waals surface area (Å²) in [5.41, 5.74) is 5.75. The van der Waals surface area contributed by atoms with Crippen LogP contribution >= 0.6 is 23.0 Å². The van der Waals surface area contributed by atoms with Crippen LogP contribution in [0.25, 0.3) is 0 Å². The van der Waals surface area contributed by atoms with Crippen molar-refractivity contribution in [3.05, 3.63) is 0 Å². The van der Waals surface area contributed by atoms with Crippen LogP contribution in [0, 0.1) is 5.92 Å². The van der Waals surface area contributed by atoms with Gasteiger partial charge in [-0.15, -0.1) is 0 Å². The number of hydrogen-bond acceptors (Lipinski definition) is 3. The third kappa shape index (κ3) is 2.30. The van der Waals surface area contributed by atoms with E-state index in [9.17, 15) is 4.79 Å². The topological polar surface area (TPSA) is 52.3 Å². The van der Waals surface area contributed by atoms with Crippen LogP contribution in [-0.2, 0) is 7.86 Å². The first-order valence-electron chi connectivity index (χ1n) is 3.83. The van der Waals surface area contributed by atoms with Crippen molar-refractivity contribution in [1.82, 2.24) is 0 Å². The average Bonchev–Trinajstić information content (AvgIpc) is 2.04. The van der Waals surface area contributed by atoms with E-state index in [1.807, 2.05) is 0 Å². The summed E-state index contributed by atoms with van der Waals surface area (Å²) in [6.07, 6.45) is 4.09. The summed E-state index contributed by atoms with van der Waals surface area (Å²) in [6, 6.07) is 0.0195. The van der Waals surface area contributed by atoms with E-state index in [4.69, 9.17) is 5.73 Å². The van der Waals surface area contributed by atoms with Gasteiger partial charge < -0.3 is 8.80 Å². The van der Waals surface area contributed by atoms with Crippen molar-refractivity contribution in [1.29, 1.82) is 0 Å².